The molecule has 1 rings (SSSR count). The van der Waals surface area contributed by atoms with E-state index in [9.17, 15) is 0 Å². The zero-order valence-electron chi connectivity index (χ0n) is 12.3. The molecule has 1 atom stereocenters. The maximum atomic E-state index is 4.01. The second-order valence-electron chi connectivity index (χ2n) is 5.69. The van der Waals surface area contributed by atoms with Crippen LogP contribution < -0.4 is 5.32 Å². The van der Waals surface area contributed by atoms with Crippen molar-refractivity contribution < 1.29 is 0 Å². The predicted molar refractivity (Wildman–Crippen MR) is 81.0 cm³/mol. The summed E-state index contributed by atoms with van der Waals surface area (Å²) in [7, 11) is 0. The normalized spacial score (nSPS) is 13.3. The van der Waals surface area contributed by atoms with Gasteiger partial charge < -0.3 is 5.32 Å². The third kappa shape index (κ3) is 3.99. The van der Waals surface area contributed by atoms with Crippen molar-refractivity contribution in [1.29, 1.82) is 0 Å². The van der Waals surface area contributed by atoms with Crippen LogP contribution in [0.15, 0.2) is 42.5 Å². The van der Waals surface area contributed by atoms with Gasteiger partial charge in [-0.3, -0.25) is 0 Å². The molecule has 0 heterocycles. The minimum absolute atomic E-state index is 0.146. The van der Waals surface area contributed by atoms with Gasteiger partial charge in [0.05, 0.1) is 0 Å². The molecule has 0 aliphatic carbocycles. The van der Waals surface area contributed by atoms with E-state index in [0.717, 1.165) is 19.4 Å². The lowest BCUT2D eigenvalue weighted by Crippen LogP contribution is -2.44. The Morgan fingerprint density at radius 2 is 1.89 bits per heavy atom. The fourth-order valence-electron chi connectivity index (χ4n) is 2.42. The molecule has 1 N–H and O–H groups in total. The van der Waals surface area contributed by atoms with E-state index < -0.39 is 0 Å². The van der Waals surface area contributed by atoms with E-state index in [2.05, 4.69) is 69.9 Å². The van der Waals surface area contributed by atoms with Crippen molar-refractivity contribution in [2.45, 2.75) is 52.0 Å². The van der Waals surface area contributed by atoms with Gasteiger partial charge in [0.1, 0.15) is 0 Å². The molecule has 0 amide bonds. The van der Waals surface area contributed by atoms with Gasteiger partial charge >= 0.3 is 0 Å². The van der Waals surface area contributed by atoms with Gasteiger partial charge in [0.25, 0.3) is 0 Å². The van der Waals surface area contributed by atoms with E-state index in [0.29, 0.717) is 6.04 Å². The molecule has 1 unspecified atom stereocenters. The summed E-state index contributed by atoms with van der Waals surface area (Å²) in [5, 5.41) is 3.64. The van der Waals surface area contributed by atoms with E-state index in [-0.39, 0.29) is 5.41 Å². The van der Waals surface area contributed by atoms with E-state index in [4.69, 9.17) is 0 Å². The first kappa shape index (κ1) is 15.0. The first-order chi connectivity index (χ1) is 8.48. The smallest absolute Gasteiger partial charge is 0.0162 e. The lowest BCUT2D eigenvalue weighted by atomic mass is 9.75. The number of nitrogens with one attached hydrogen (secondary N) is 1. The molecule has 1 heteroatoms. The Morgan fingerprint density at radius 1 is 1.28 bits per heavy atom. The predicted octanol–water partition coefficient (Wildman–Crippen LogP) is 4.30. The van der Waals surface area contributed by atoms with Crippen molar-refractivity contribution >= 4 is 0 Å². The average Bonchev–Trinajstić information content (AvgIpc) is 2.35. The standard InChI is InChI=1S/C17H27N/c1-6-18-16(13-12-14(2)3)17(4,5)15-10-8-7-9-11-15/h7-11,16,18H,2,6,12-13H2,1,3-5H3. The Balaban J connectivity index is 2.85. The first-order valence-corrected chi connectivity index (χ1v) is 6.91. The van der Waals surface area contributed by atoms with Crippen LogP contribution in [0.4, 0.5) is 0 Å². The lowest BCUT2D eigenvalue weighted by molar-refractivity contribution is 0.327. The summed E-state index contributed by atoms with van der Waals surface area (Å²) in [4.78, 5) is 0. The topological polar surface area (TPSA) is 12.0 Å². The second-order valence-corrected chi connectivity index (χ2v) is 5.69. The maximum absolute atomic E-state index is 4.01. The van der Waals surface area contributed by atoms with Crippen molar-refractivity contribution in [2.75, 3.05) is 6.54 Å². The summed E-state index contributed by atoms with van der Waals surface area (Å²) in [5.41, 5.74) is 2.81. The summed E-state index contributed by atoms with van der Waals surface area (Å²) in [6.45, 7) is 14.0. The van der Waals surface area contributed by atoms with Gasteiger partial charge in [-0.1, -0.05) is 56.7 Å². The molecule has 1 nitrogen and oxygen atoms in total. The molecule has 0 aliphatic rings. The van der Waals surface area contributed by atoms with Crippen LogP contribution in [0, 0.1) is 0 Å². The van der Waals surface area contributed by atoms with E-state index in [1.807, 2.05) is 0 Å². The molecular formula is C17H27N. The van der Waals surface area contributed by atoms with Crippen LogP contribution in [0.25, 0.3) is 0 Å². The SMILES string of the molecule is C=C(C)CCC(NCC)C(C)(C)c1ccccc1. The molecule has 1 aromatic carbocycles. The zero-order valence-corrected chi connectivity index (χ0v) is 12.3. The molecule has 0 radical (unpaired) electrons. The summed E-state index contributed by atoms with van der Waals surface area (Å²) < 4.78 is 0. The summed E-state index contributed by atoms with van der Waals surface area (Å²) in [5.74, 6) is 0. The maximum Gasteiger partial charge on any atom is 0.0162 e. The van der Waals surface area contributed by atoms with Crippen molar-refractivity contribution in [3.8, 4) is 0 Å². The Hall–Kier alpha value is -1.08. The molecule has 0 fully saturated rings. The Labute approximate surface area is 112 Å². The highest BCUT2D eigenvalue weighted by Crippen LogP contribution is 2.30. The van der Waals surface area contributed by atoms with Crippen LogP contribution in [0.1, 0.15) is 46.1 Å². The summed E-state index contributed by atoms with van der Waals surface area (Å²) in [6, 6.07) is 11.3. The molecule has 0 saturated heterocycles. The second kappa shape index (κ2) is 6.75. The highest BCUT2D eigenvalue weighted by Gasteiger charge is 2.30. The molecule has 1 aromatic rings. The summed E-state index contributed by atoms with van der Waals surface area (Å²) >= 11 is 0. The molecule has 0 spiro atoms. The molecular weight excluding hydrogens is 218 g/mol. The largest absolute Gasteiger partial charge is 0.313 e. The quantitative estimate of drug-likeness (QED) is 0.706. The van der Waals surface area contributed by atoms with Gasteiger partial charge in [-0.25, -0.2) is 0 Å². The van der Waals surface area contributed by atoms with Crippen molar-refractivity contribution in [2.24, 2.45) is 0 Å². The Bertz CT molecular complexity index is 364. The number of hydrogen-bond donors (Lipinski definition) is 1. The molecule has 100 valence electrons. The van der Waals surface area contributed by atoms with Crippen LogP contribution in [-0.2, 0) is 5.41 Å². The molecule has 0 bridgehead atoms. The van der Waals surface area contributed by atoms with E-state index in [1.54, 1.807) is 0 Å². The van der Waals surface area contributed by atoms with Gasteiger partial charge in [0.15, 0.2) is 0 Å². The van der Waals surface area contributed by atoms with Crippen LogP contribution in [0.2, 0.25) is 0 Å². The fraction of sp³-hybridized carbons (Fsp3) is 0.529. The van der Waals surface area contributed by atoms with Crippen LogP contribution in [0.3, 0.4) is 0 Å². The molecule has 18 heavy (non-hydrogen) atoms. The molecule has 0 saturated carbocycles. The monoisotopic (exact) mass is 245 g/mol. The Morgan fingerprint density at radius 3 is 2.39 bits per heavy atom. The van der Waals surface area contributed by atoms with Crippen LogP contribution in [0.5, 0.6) is 0 Å². The van der Waals surface area contributed by atoms with Gasteiger partial charge in [0, 0.05) is 11.5 Å². The number of rotatable bonds is 7. The minimum atomic E-state index is 0.146. The molecule has 0 aliphatic heterocycles. The lowest BCUT2D eigenvalue weighted by Gasteiger charge is -2.36. The van der Waals surface area contributed by atoms with Gasteiger partial charge in [-0.2, -0.15) is 0 Å². The highest BCUT2D eigenvalue weighted by atomic mass is 14.9. The van der Waals surface area contributed by atoms with Crippen LogP contribution in [-0.4, -0.2) is 12.6 Å². The molecule has 0 aromatic heterocycles. The Kier molecular flexibility index (Phi) is 5.61. The minimum Gasteiger partial charge on any atom is -0.313 e. The number of hydrogen-bond acceptors (Lipinski definition) is 1. The van der Waals surface area contributed by atoms with Crippen molar-refractivity contribution in [1.82, 2.24) is 5.32 Å². The third-order valence-corrected chi connectivity index (χ3v) is 3.70. The van der Waals surface area contributed by atoms with Gasteiger partial charge in [-0.05, 0) is 31.9 Å². The van der Waals surface area contributed by atoms with E-state index in [1.165, 1.54) is 11.1 Å². The number of likely N-dealkylation sites (N-methyl/N-ethyl adjacent to an activating group) is 1. The zero-order chi connectivity index (χ0) is 13.6. The highest BCUT2D eigenvalue weighted by molar-refractivity contribution is 5.26. The summed E-state index contributed by atoms with van der Waals surface area (Å²) in [6.07, 6.45) is 2.24. The average molecular weight is 245 g/mol. The van der Waals surface area contributed by atoms with Crippen molar-refractivity contribution in [3.05, 3.63) is 48.0 Å². The number of allylic oxidation sites excluding steroid dienone is 1. The van der Waals surface area contributed by atoms with Gasteiger partial charge in [-0.15, -0.1) is 6.58 Å². The van der Waals surface area contributed by atoms with Crippen LogP contribution >= 0.6 is 0 Å². The third-order valence-electron chi connectivity index (χ3n) is 3.70. The van der Waals surface area contributed by atoms with Gasteiger partial charge in [0.2, 0.25) is 0 Å². The first-order valence-electron chi connectivity index (χ1n) is 6.91. The van der Waals surface area contributed by atoms with Crippen molar-refractivity contribution in [3.63, 3.8) is 0 Å². The van der Waals surface area contributed by atoms with E-state index >= 15 is 0 Å². The number of benzene rings is 1. The fourth-order valence-corrected chi connectivity index (χ4v) is 2.42.